The molecule has 5 nitrogen and oxygen atoms in total. The van der Waals surface area contributed by atoms with Gasteiger partial charge in [-0.15, -0.1) is 0 Å². The van der Waals surface area contributed by atoms with Crippen LogP contribution in [0.1, 0.15) is 42.2 Å². The third-order valence-electron chi connectivity index (χ3n) is 3.21. The van der Waals surface area contributed by atoms with Crippen LogP contribution >= 0.6 is 0 Å². The molecule has 0 atom stereocenters. The van der Waals surface area contributed by atoms with E-state index in [4.69, 9.17) is 10.2 Å². The SMILES string of the molecule is Cc1c(C(=O)O)cccc1C(=O)c1ccccc1C(=O)O. The van der Waals surface area contributed by atoms with Crippen LogP contribution in [0.5, 0.6) is 0 Å². The van der Waals surface area contributed by atoms with Crippen molar-refractivity contribution in [2.45, 2.75) is 6.92 Å². The van der Waals surface area contributed by atoms with Crippen LogP contribution in [-0.2, 0) is 0 Å². The summed E-state index contributed by atoms with van der Waals surface area (Å²) in [6.07, 6.45) is 0. The van der Waals surface area contributed by atoms with Gasteiger partial charge in [0.2, 0.25) is 0 Å². The van der Waals surface area contributed by atoms with Gasteiger partial charge in [0.1, 0.15) is 0 Å². The highest BCUT2D eigenvalue weighted by Crippen LogP contribution is 2.20. The van der Waals surface area contributed by atoms with Gasteiger partial charge in [-0.05, 0) is 24.6 Å². The van der Waals surface area contributed by atoms with E-state index in [1.165, 1.54) is 43.3 Å². The van der Waals surface area contributed by atoms with Gasteiger partial charge in [0.15, 0.2) is 5.78 Å². The first-order valence-electron chi connectivity index (χ1n) is 6.13. The second-order valence-corrected chi connectivity index (χ2v) is 4.46. The maximum absolute atomic E-state index is 12.5. The van der Waals surface area contributed by atoms with Crippen molar-refractivity contribution in [3.8, 4) is 0 Å². The van der Waals surface area contributed by atoms with Crippen LogP contribution in [0.2, 0.25) is 0 Å². The molecule has 2 rings (SSSR count). The van der Waals surface area contributed by atoms with Crippen LogP contribution in [0.15, 0.2) is 42.5 Å². The van der Waals surface area contributed by atoms with Crippen molar-refractivity contribution in [3.63, 3.8) is 0 Å². The van der Waals surface area contributed by atoms with Gasteiger partial charge in [-0.3, -0.25) is 4.79 Å². The van der Waals surface area contributed by atoms with Crippen LogP contribution in [0, 0.1) is 6.92 Å². The average Bonchev–Trinajstić information content (AvgIpc) is 2.46. The van der Waals surface area contributed by atoms with E-state index in [-0.39, 0.29) is 22.3 Å². The van der Waals surface area contributed by atoms with Gasteiger partial charge in [0.25, 0.3) is 0 Å². The highest BCUT2D eigenvalue weighted by atomic mass is 16.4. The molecule has 21 heavy (non-hydrogen) atoms. The molecular formula is C16H12O5. The zero-order valence-electron chi connectivity index (χ0n) is 11.2. The quantitative estimate of drug-likeness (QED) is 0.842. The van der Waals surface area contributed by atoms with E-state index in [2.05, 4.69) is 0 Å². The Kier molecular flexibility index (Phi) is 3.84. The summed E-state index contributed by atoms with van der Waals surface area (Å²) in [4.78, 5) is 34.8. The summed E-state index contributed by atoms with van der Waals surface area (Å²) in [7, 11) is 0. The minimum atomic E-state index is -1.20. The summed E-state index contributed by atoms with van der Waals surface area (Å²) >= 11 is 0. The Balaban J connectivity index is 2.59. The van der Waals surface area contributed by atoms with E-state index >= 15 is 0 Å². The van der Waals surface area contributed by atoms with Gasteiger partial charge in [-0.1, -0.05) is 30.3 Å². The number of carboxylic acid groups (broad SMARTS) is 2. The second kappa shape index (κ2) is 5.58. The molecule has 0 unspecified atom stereocenters. The number of carbonyl (C=O) groups excluding carboxylic acids is 1. The molecule has 106 valence electrons. The van der Waals surface area contributed by atoms with Crippen molar-refractivity contribution < 1.29 is 24.6 Å². The molecule has 2 N–H and O–H groups in total. The summed E-state index contributed by atoms with van der Waals surface area (Å²) in [5.41, 5.74) is 0.450. The number of carboxylic acids is 2. The molecule has 0 spiro atoms. The molecule has 2 aromatic rings. The molecule has 0 aliphatic carbocycles. The van der Waals surface area contributed by atoms with Crippen LogP contribution in [0.25, 0.3) is 0 Å². The second-order valence-electron chi connectivity index (χ2n) is 4.46. The number of aromatic carboxylic acids is 2. The summed E-state index contributed by atoms with van der Waals surface area (Å²) in [5, 5.41) is 18.2. The van der Waals surface area contributed by atoms with Crippen molar-refractivity contribution in [2.75, 3.05) is 0 Å². The summed E-state index contributed by atoms with van der Waals surface area (Å²) in [6.45, 7) is 1.53. The summed E-state index contributed by atoms with van der Waals surface area (Å²) < 4.78 is 0. The number of hydrogen-bond acceptors (Lipinski definition) is 3. The van der Waals surface area contributed by atoms with E-state index in [1.54, 1.807) is 6.07 Å². The first-order chi connectivity index (χ1) is 9.93. The molecule has 0 bridgehead atoms. The molecule has 0 fully saturated rings. The van der Waals surface area contributed by atoms with Gasteiger partial charge in [0.05, 0.1) is 11.1 Å². The monoisotopic (exact) mass is 284 g/mol. The van der Waals surface area contributed by atoms with E-state index in [1.807, 2.05) is 0 Å². The highest BCUT2D eigenvalue weighted by molar-refractivity contribution is 6.15. The normalized spacial score (nSPS) is 10.1. The Morgan fingerprint density at radius 1 is 0.714 bits per heavy atom. The Morgan fingerprint density at radius 3 is 1.76 bits per heavy atom. The van der Waals surface area contributed by atoms with Gasteiger partial charge < -0.3 is 10.2 Å². The first-order valence-corrected chi connectivity index (χ1v) is 6.13. The van der Waals surface area contributed by atoms with Gasteiger partial charge in [-0.2, -0.15) is 0 Å². The Hall–Kier alpha value is -2.95. The minimum Gasteiger partial charge on any atom is -0.478 e. The van der Waals surface area contributed by atoms with Crippen molar-refractivity contribution in [3.05, 3.63) is 70.3 Å². The molecule has 0 aromatic heterocycles. The third-order valence-corrected chi connectivity index (χ3v) is 3.21. The zero-order chi connectivity index (χ0) is 15.6. The molecule has 0 heterocycles. The molecular weight excluding hydrogens is 272 g/mol. The minimum absolute atomic E-state index is 0.0219. The molecule has 5 heteroatoms. The molecule has 0 radical (unpaired) electrons. The number of carbonyl (C=O) groups is 3. The lowest BCUT2D eigenvalue weighted by molar-refractivity contribution is 0.0683. The number of ketones is 1. The Labute approximate surface area is 120 Å². The van der Waals surface area contributed by atoms with Gasteiger partial charge >= 0.3 is 11.9 Å². The fraction of sp³-hybridized carbons (Fsp3) is 0.0625. The molecule has 0 saturated carbocycles. The number of hydrogen-bond donors (Lipinski definition) is 2. The molecule has 0 aliphatic rings. The highest BCUT2D eigenvalue weighted by Gasteiger charge is 2.20. The van der Waals surface area contributed by atoms with Crippen LogP contribution in [-0.4, -0.2) is 27.9 Å². The fourth-order valence-corrected chi connectivity index (χ4v) is 2.13. The molecule has 0 amide bonds. The van der Waals surface area contributed by atoms with E-state index in [9.17, 15) is 14.4 Å². The summed E-state index contributed by atoms with van der Waals surface area (Å²) in [6, 6.07) is 10.2. The Morgan fingerprint density at radius 2 is 1.19 bits per heavy atom. The van der Waals surface area contributed by atoms with Crippen molar-refractivity contribution in [2.24, 2.45) is 0 Å². The van der Waals surface area contributed by atoms with Crippen molar-refractivity contribution >= 4 is 17.7 Å². The van der Waals surface area contributed by atoms with Crippen molar-refractivity contribution in [1.82, 2.24) is 0 Å². The molecule has 0 saturated heterocycles. The van der Waals surface area contributed by atoms with Crippen LogP contribution in [0.3, 0.4) is 0 Å². The standard InChI is InChI=1S/C16H12O5/c1-9-10(7-4-8-11(9)15(18)19)14(17)12-5-2-3-6-13(12)16(20)21/h2-8H,1H3,(H,18,19)(H,20,21). The Bertz CT molecular complexity index is 746. The lowest BCUT2D eigenvalue weighted by Gasteiger charge is -2.09. The van der Waals surface area contributed by atoms with Gasteiger partial charge in [-0.25, -0.2) is 9.59 Å². The maximum atomic E-state index is 12.5. The maximum Gasteiger partial charge on any atom is 0.336 e. The lowest BCUT2D eigenvalue weighted by atomic mass is 9.93. The first kappa shape index (κ1) is 14.5. The predicted molar refractivity (Wildman–Crippen MR) is 75.0 cm³/mol. The zero-order valence-corrected chi connectivity index (χ0v) is 11.2. The van der Waals surface area contributed by atoms with E-state index in [0.717, 1.165) is 0 Å². The lowest BCUT2D eigenvalue weighted by Crippen LogP contribution is -2.12. The van der Waals surface area contributed by atoms with E-state index < -0.39 is 17.7 Å². The number of benzene rings is 2. The van der Waals surface area contributed by atoms with E-state index in [0.29, 0.717) is 5.56 Å². The van der Waals surface area contributed by atoms with Crippen molar-refractivity contribution in [1.29, 1.82) is 0 Å². The number of rotatable bonds is 4. The molecule has 2 aromatic carbocycles. The average molecular weight is 284 g/mol. The fourth-order valence-electron chi connectivity index (χ4n) is 2.13. The molecule has 0 aliphatic heterocycles. The van der Waals surface area contributed by atoms with Crippen LogP contribution < -0.4 is 0 Å². The topological polar surface area (TPSA) is 91.7 Å². The van der Waals surface area contributed by atoms with Gasteiger partial charge in [0, 0.05) is 11.1 Å². The van der Waals surface area contributed by atoms with Crippen LogP contribution in [0.4, 0.5) is 0 Å². The smallest absolute Gasteiger partial charge is 0.336 e. The third kappa shape index (κ3) is 2.67. The largest absolute Gasteiger partial charge is 0.478 e. The summed E-state index contributed by atoms with van der Waals surface area (Å²) in [5.74, 6) is -2.84. The predicted octanol–water partition coefficient (Wildman–Crippen LogP) is 2.62.